The van der Waals surface area contributed by atoms with E-state index in [9.17, 15) is 9.59 Å². The summed E-state index contributed by atoms with van der Waals surface area (Å²) in [6.07, 6.45) is 0.682. The third kappa shape index (κ3) is 6.35. The van der Waals surface area contributed by atoms with Crippen LogP contribution in [0, 0.1) is 12.8 Å². The molecule has 6 nitrogen and oxygen atoms in total. The second kappa shape index (κ2) is 11.3. The second-order valence-corrected chi connectivity index (χ2v) is 9.15. The highest BCUT2D eigenvalue weighted by molar-refractivity contribution is 5.80. The van der Waals surface area contributed by atoms with Crippen LogP contribution in [0.3, 0.4) is 0 Å². The van der Waals surface area contributed by atoms with Gasteiger partial charge < -0.3 is 19.7 Å². The molecule has 2 atom stereocenters. The van der Waals surface area contributed by atoms with Crippen molar-refractivity contribution >= 4 is 11.8 Å². The maximum absolute atomic E-state index is 13.2. The van der Waals surface area contributed by atoms with E-state index >= 15 is 0 Å². The molecule has 0 saturated carbocycles. The largest absolute Gasteiger partial charge is 0.481 e. The molecule has 6 heteroatoms. The minimum atomic E-state index is -0.639. The van der Waals surface area contributed by atoms with Crippen molar-refractivity contribution < 1.29 is 19.1 Å². The number of hydrogen-bond acceptors (Lipinski definition) is 4. The highest BCUT2D eigenvalue weighted by Gasteiger charge is 2.32. The smallest absolute Gasteiger partial charge is 0.260 e. The summed E-state index contributed by atoms with van der Waals surface area (Å²) < 4.78 is 11.0. The average Bonchev–Trinajstić information content (AvgIpc) is 2.78. The number of methoxy groups -OCH3 is 1. The zero-order valence-corrected chi connectivity index (χ0v) is 20.4. The topological polar surface area (TPSA) is 67.9 Å². The summed E-state index contributed by atoms with van der Waals surface area (Å²) >= 11 is 0. The van der Waals surface area contributed by atoms with Crippen molar-refractivity contribution in [1.29, 1.82) is 0 Å². The number of fused-ring (bicyclic) bond motifs is 1. The molecule has 0 radical (unpaired) electrons. The van der Waals surface area contributed by atoms with Crippen LogP contribution in [0.2, 0.25) is 0 Å². The summed E-state index contributed by atoms with van der Waals surface area (Å²) in [7, 11) is 1.60. The molecule has 0 aromatic heterocycles. The molecule has 33 heavy (non-hydrogen) atoms. The van der Waals surface area contributed by atoms with Crippen LogP contribution in [0.5, 0.6) is 5.75 Å². The van der Waals surface area contributed by atoms with Crippen LogP contribution in [0.15, 0.2) is 42.5 Å². The Labute approximate surface area is 197 Å². The van der Waals surface area contributed by atoms with Crippen molar-refractivity contribution in [2.24, 2.45) is 5.92 Å². The molecule has 1 heterocycles. The van der Waals surface area contributed by atoms with Gasteiger partial charge in [-0.15, -0.1) is 0 Å². The minimum absolute atomic E-state index is 0.165. The second-order valence-electron chi connectivity index (χ2n) is 9.15. The molecule has 1 N–H and O–H groups in total. The van der Waals surface area contributed by atoms with Crippen molar-refractivity contribution in [3.8, 4) is 5.75 Å². The van der Waals surface area contributed by atoms with Crippen LogP contribution in [-0.4, -0.2) is 49.6 Å². The van der Waals surface area contributed by atoms with Crippen molar-refractivity contribution in [1.82, 2.24) is 10.2 Å². The zero-order valence-electron chi connectivity index (χ0n) is 20.4. The van der Waals surface area contributed by atoms with Gasteiger partial charge in [0.1, 0.15) is 5.75 Å². The standard InChI is InChI=1S/C27H36N2O4/c1-18(2)16-25(30)29-14-12-21-10-11-23(33-20(4)27(31)28-13-15-32-5)17-24(21)26(29)22-8-6-19(3)7-9-22/h6-11,17-18,20,26H,12-16H2,1-5H3,(H,28,31)/t20-,26+/m1/s1. The normalized spacial score (nSPS) is 16.3. The van der Waals surface area contributed by atoms with Gasteiger partial charge in [-0.2, -0.15) is 0 Å². The third-order valence-electron chi connectivity index (χ3n) is 5.93. The summed E-state index contributed by atoms with van der Waals surface area (Å²) in [5.41, 5.74) is 4.53. The van der Waals surface area contributed by atoms with E-state index < -0.39 is 6.10 Å². The molecular formula is C27H36N2O4. The number of carbonyl (C=O) groups excluding carboxylic acids is 2. The molecule has 178 valence electrons. The Morgan fingerprint density at radius 2 is 1.85 bits per heavy atom. The number of benzene rings is 2. The van der Waals surface area contributed by atoms with Gasteiger partial charge in [0.2, 0.25) is 5.91 Å². The number of nitrogens with zero attached hydrogens (tertiary/aromatic N) is 1. The predicted molar refractivity (Wildman–Crippen MR) is 129 cm³/mol. The van der Waals surface area contributed by atoms with Gasteiger partial charge in [-0.3, -0.25) is 9.59 Å². The lowest BCUT2D eigenvalue weighted by molar-refractivity contribution is -0.134. The Kier molecular flexibility index (Phi) is 8.50. The summed E-state index contributed by atoms with van der Waals surface area (Å²) in [5.74, 6) is 0.898. The Hall–Kier alpha value is -2.86. The quantitative estimate of drug-likeness (QED) is 0.583. The van der Waals surface area contributed by atoms with E-state index in [1.165, 1.54) is 11.1 Å². The molecule has 0 fully saturated rings. The zero-order chi connectivity index (χ0) is 24.0. The van der Waals surface area contributed by atoms with Gasteiger partial charge in [0.05, 0.1) is 12.6 Å². The van der Waals surface area contributed by atoms with E-state index in [-0.39, 0.29) is 17.9 Å². The molecule has 2 aromatic carbocycles. The molecule has 1 aliphatic heterocycles. The van der Waals surface area contributed by atoms with Gasteiger partial charge in [-0.25, -0.2) is 0 Å². The van der Waals surface area contributed by atoms with E-state index in [0.717, 1.165) is 17.5 Å². The highest BCUT2D eigenvalue weighted by Crippen LogP contribution is 2.38. The number of ether oxygens (including phenoxy) is 2. The lowest BCUT2D eigenvalue weighted by atomic mass is 9.87. The van der Waals surface area contributed by atoms with Gasteiger partial charge >= 0.3 is 0 Å². The van der Waals surface area contributed by atoms with Crippen LogP contribution >= 0.6 is 0 Å². The summed E-state index contributed by atoms with van der Waals surface area (Å²) in [6.45, 7) is 9.52. The van der Waals surface area contributed by atoms with E-state index in [4.69, 9.17) is 9.47 Å². The maximum atomic E-state index is 13.2. The van der Waals surface area contributed by atoms with Crippen LogP contribution < -0.4 is 10.1 Å². The summed E-state index contributed by atoms with van der Waals surface area (Å²) in [5, 5.41) is 2.80. The molecule has 0 bridgehead atoms. The molecule has 0 aliphatic carbocycles. The fraction of sp³-hybridized carbons (Fsp3) is 0.481. The molecule has 2 amide bonds. The average molecular weight is 453 g/mol. The SMILES string of the molecule is COCCNC(=O)[C@@H](C)Oc1ccc2c(c1)[C@H](c1ccc(C)cc1)N(C(=O)CC(C)C)CC2. The molecule has 3 rings (SSSR count). The van der Waals surface area contributed by atoms with Crippen LogP contribution in [0.1, 0.15) is 55.5 Å². The lowest BCUT2D eigenvalue weighted by Crippen LogP contribution is -2.41. The highest BCUT2D eigenvalue weighted by atomic mass is 16.5. The van der Waals surface area contributed by atoms with Crippen molar-refractivity contribution in [2.75, 3.05) is 26.8 Å². The van der Waals surface area contributed by atoms with E-state index in [1.807, 2.05) is 17.0 Å². The molecule has 1 aliphatic rings. The number of aryl methyl sites for hydroxylation is 1. The fourth-order valence-electron chi connectivity index (χ4n) is 4.19. The Morgan fingerprint density at radius 1 is 1.12 bits per heavy atom. The van der Waals surface area contributed by atoms with Crippen LogP contribution in [0.4, 0.5) is 0 Å². The Bertz CT molecular complexity index is 955. The lowest BCUT2D eigenvalue weighted by Gasteiger charge is -2.38. The Morgan fingerprint density at radius 3 is 2.52 bits per heavy atom. The van der Waals surface area contributed by atoms with Crippen LogP contribution in [0.25, 0.3) is 0 Å². The molecular weight excluding hydrogens is 416 g/mol. The number of rotatable bonds is 9. The first-order valence-electron chi connectivity index (χ1n) is 11.7. The number of amides is 2. The van der Waals surface area contributed by atoms with Crippen molar-refractivity contribution in [3.63, 3.8) is 0 Å². The number of nitrogens with one attached hydrogen (secondary N) is 1. The fourth-order valence-corrected chi connectivity index (χ4v) is 4.19. The molecule has 2 aromatic rings. The number of hydrogen-bond donors (Lipinski definition) is 1. The minimum Gasteiger partial charge on any atom is -0.481 e. The van der Waals surface area contributed by atoms with E-state index in [2.05, 4.69) is 56.4 Å². The summed E-state index contributed by atoms with van der Waals surface area (Å²) in [6, 6.07) is 14.2. The van der Waals surface area contributed by atoms with Gasteiger partial charge in [0.15, 0.2) is 6.10 Å². The molecule has 0 saturated heterocycles. The first-order chi connectivity index (χ1) is 15.8. The van der Waals surface area contributed by atoms with Crippen LogP contribution in [-0.2, 0) is 20.7 Å². The van der Waals surface area contributed by atoms with Gasteiger partial charge in [-0.1, -0.05) is 49.7 Å². The third-order valence-corrected chi connectivity index (χ3v) is 5.93. The van der Waals surface area contributed by atoms with Gasteiger partial charge in [-0.05, 0) is 55.0 Å². The van der Waals surface area contributed by atoms with E-state index in [1.54, 1.807) is 14.0 Å². The van der Waals surface area contributed by atoms with Gasteiger partial charge in [0, 0.05) is 26.6 Å². The van der Waals surface area contributed by atoms with Crippen molar-refractivity contribution in [2.45, 2.75) is 52.7 Å². The van der Waals surface area contributed by atoms with E-state index in [0.29, 0.717) is 37.8 Å². The monoisotopic (exact) mass is 452 g/mol. The molecule has 0 spiro atoms. The Balaban J connectivity index is 1.90. The number of carbonyl (C=O) groups is 2. The predicted octanol–water partition coefficient (Wildman–Crippen LogP) is 4.05. The first kappa shape index (κ1) is 24.8. The first-order valence-corrected chi connectivity index (χ1v) is 11.7. The molecule has 0 unspecified atom stereocenters. The van der Waals surface area contributed by atoms with Gasteiger partial charge in [0.25, 0.3) is 5.91 Å². The summed E-state index contributed by atoms with van der Waals surface area (Å²) in [4.78, 5) is 27.5. The van der Waals surface area contributed by atoms with Crippen molar-refractivity contribution in [3.05, 3.63) is 64.7 Å². The maximum Gasteiger partial charge on any atom is 0.260 e.